The van der Waals surface area contributed by atoms with Crippen LogP contribution in [0.1, 0.15) is 147 Å². The summed E-state index contributed by atoms with van der Waals surface area (Å²) in [5.74, 6) is -1.97. The first kappa shape index (κ1) is 46.4. The van der Waals surface area contributed by atoms with Gasteiger partial charge in [-0.15, -0.1) is 0 Å². The van der Waals surface area contributed by atoms with Crippen LogP contribution in [0.3, 0.4) is 0 Å². The number of ether oxygens (including phenoxy) is 6. The highest BCUT2D eigenvalue weighted by molar-refractivity contribution is 5.89. The molecule has 3 fully saturated rings. The summed E-state index contributed by atoms with van der Waals surface area (Å²) >= 11 is 0. The summed E-state index contributed by atoms with van der Waals surface area (Å²) in [6.45, 7) is 6.78. The maximum atomic E-state index is 12.7. The van der Waals surface area contributed by atoms with Crippen molar-refractivity contribution in [2.45, 2.75) is 137 Å². The fraction of sp³-hybridized carbons (Fsp3) is 0.727. The molecule has 0 heterocycles. The highest BCUT2D eigenvalue weighted by Crippen LogP contribution is 2.32. The van der Waals surface area contributed by atoms with E-state index in [4.69, 9.17) is 28.4 Å². The molecule has 1 aromatic rings. The van der Waals surface area contributed by atoms with Crippen molar-refractivity contribution in [3.05, 3.63) is 35.9 Å². The first-order valence-electron chi connectivity index (χ1n) is 20.9. The third-order valence-corrected chi connectivity index (χ3v) is 11.6. The zero-order valence-electron chi connectivity index (χ0n) is 34.3. The van der Waals surface area contributed by atoms with Gasteiger partial charge in [0.15, 0.2) is 0 Å². The molecule has 0 atom stereocenters. The quantitative estimate of drug-likeness (QED) is 0.104. The van der Waals surface area contributed by atoms with Gasteiger partial charge in [-0.3, -0.25) is 24.0 Å². The van der Waals surface area contributed by atoms with Crippen LogP contribution in [0.15, 0.2) is 30.3 Å². The maximum absolute atomic E-state index is 12.7. The van der Waals surface area contributed by atoms with Gasteiger partial charge < -0.3 is 28.4 Å². The predicted molar refractivity (Wildman–Crippen MR) is 208 cm³/mol. The van der Waals surface area contributed by atoms with Crippen LogP contribution in [0, 0.1) is 28.6 Å². The SMILES string of the molecule is CCC(COC(=O)C1CCCCC1)(COC(=O)C1CCCCC1)COC(=O)C1CCCCC1.CCC(COC(C)=O)(COC(C)=O)COC(=O)c1ccccc1. The van der Waals surface area contributed by atoms with Gasteiger partial charge in [0.25, 0.3) is 0 Å². The van der Waals surface area contributed by atoms with Crippen LogP contribution in [0.5, 0.6) is 0 Å². The Labute approximate surface area is 333 Å². The number of hydrogen-bond acceptors (Lipinski definition) is 12. The van der Waals surface area contributed by atoms with E-state index >= 15 is 0 Å². The van der Waals surface area contributed by atoms with Crippen LogP contribution < -0.4 is 0 Å². The van der Waals surface area contributed by atoms with Gasteiger partial charge in [0.05, 0.1) is 34.1 Å². The highest BCUT2D eigenvalue weighted by Gasteiger charge is 2.38. The fourth-order valence-electron chi connectivity index (χ4n) is 7.29. The second-order valence-electron chi connectivity index (χ2n) is 16.0. The van der Waals surface area contributed by atoms with Gasteiger partial charge in [-0.1, -0.05) is 89.8 Å². The lowest BCUT2D eigenvalue weighted by Crippen LogP contribution is -2.41. The first-order valence-corrected chi connectivity index (χ1v) is 20.9. The van der Waals surface area contributed by atoms with Crippen LogP contribution in [0.4, 0.5) is 0 Å². The van der Waals surface area contributed by atoms with Gasteiger partial charge in [-0.25, -0.2) is 4.79 Å². The minimum atomic E-state index is -0.762. The van der Waals surface area contributed by atoms with Crippen molar-refractivity contribution < 1.29 is 57.2 Å². The Morgan fingerprint density at radius 1 is 0.464 bits per heavy atom. The Balaban J connectivity index is 0.000000322. The molecule has 0 aliphatic heterocycles. The summed E-state index contributed by atoms with van der Waals surface area (Å²) in [7, 11) is 0. The van der Waals surface area contributed by atoms with Crippen LogP contribution in [-0.2, 0) is 52.4 Å². The average molecular weight is 787 g/mol. The van der Waals surface area contributed by atoms with Crippen molar-refractivity contribution in [1.29, 1.82) is 0 Å². The zero-order chi connectivity index (χ0) is 40.8. The van der Waals surface area contributed by atoms with Gasteiger partial charge in [0, 0.05) is 13.8 Å². The van der Waals surface area contributed by atoms with Crippen molar-refractivity contribution in [2.75, 3.05) is 39.6 Å². The largest absolute Gasteiger partial charge is 0.465 e. The van der Waals surface area contributed by atoms with Crippen LogP contribution in [0.2, 0.25) is 0 Å². The number of carbonyl (C=O) groups is 6. The number of benzene rings is 1. The minimum Gasteiger partial charge on any atom is -0.465 e. The molecule has 0 aromatic heterocycles. The second kappa shape index (κ2) is 24.6. The van der Waals surface area contributed by atoms with E-state index in [0.717, 1.165) is 77.0 Å². The van der Waals surface area contributed by atoms with E-state index in [2.05, 4.69) is 0 Å². The van der Waals surface area contributed by atoms with E-state index in [1.54, 1.807) is 30.3 Å². The molecule has 0 N–H and O–H groups in total. The van der Waals surface area contributed by atoms with E-state index in [9.17, 15) is 28.8 Å². The summed E-state index contributed by atoms with van der Waals surface area (Å²) in [6.07, 6.45) is 16.3. The molecule has 314 valence electrons. The number of carbonyl (C=O) groups excluding carboxylic acids is 6. The van der Waals surface area contributed by atoms with E-state index in [1.165, 1.54) is 33.1 Å². The van der Waals surface area contributed by atoms with Crippen molar-refractivity contribution >= 4 is 35.8 Å². The van der Waals surface area contributed by atoms with Crippen LogP contribution in [0.25, 0.3) is 0 Å². The summed E-state index contributed by atoms with van der Waals surface area (Å²) in [5.41, 5.74) is -1.03. The molecule has 3 aliphatic carbocycles. The number of hydrogen-bond donors (Lipinski definition) is 0. The molecule has 12 heteroatoms. The van der Waals surface area contributed by atoms with Gasteiger partial charge in [-0.05, 0) is 63.5 Å². The minimum absolute atomic E-state index is 0.00812. The second-order valence-corrected chi connectivity index (χ2v) is 16.0. The molecule has 3 aliphatic rings. The van der Waals surface area contributed by atoms with Crippen molar-refractivity contribution in [3.8, 4) is 0 Å². The Bertz CT molecular complexity index is 1270. The van der Waals surface area contributed by atoms with Gasteiger partial charge >= 0.3 is 35.8 Å². The lowest BCUT2D eigenvalue weighted by atomic mass is 9.86. The van der Waals surface area contributed by atoms with Gasteiger partial charge in [-0.2, -0.15) is 0 Å². The van der Waals surface area contributed by atoms with Gasteiger partial charge in [0.1, 0.15) is 39.6 Å². The molecule has 3 saturated carbocycles. The van der Waals surface area contributed by atoms with E-state index in [0.29, 0.717) is 18.4 Å². The molecule has 12 nitrogen and oxygen atoms in total. The van der Waals surface area contributed by atoms with Crippen molar-refractivity contribution in [3.63, 3.8) is 0 Å². The molecule has 56 heavy (non-hydrogen) atoms. The van der Waals surface area contributed by atoms with Crippen LogP contribution in [-0.4, -0.2) is 75.5 Å². The topological polar surface area (TPSA) is 158 Å². The zero-order valence-corrected chi connectivity index (χ0v) is 34.3. The third-order valence-electron chi connectivity index (χ3n) is 11.6. The molecule has 0 radical (unpaired) electrons. The van der Waals surface area contributed by atoms with Crippen molar-refractivity contribution in [2.24, 2.45) is 28.6 Å². The lowest BCUT2D eigenvalue weighted by molar-refractivity contribution is -0.169. The maximum Gasteiger partial charge on any atom is 0.338 e. The summed E-state index contributed by atoms with van der Waals surface area (Å²) in [4.78, 5) is 72.3. The van der Waals surface area contributed by atoms with E-state index in [1.807, 2.05) is 13.8 Å². The first-order chi connectivity index (χ1) is 26.9. The predicted octanol–water partition coefficient (Wildman–Crippen LogP) is 8.12. The fourth-order valence-corrected chi connectivity index (χ4v) is 7.29. The van der Waals surface area contributed by atoms with E-state index < -0.39 is 28.7 Å². The molecular formula is C44H66O12. The third kappa shape index (κ3) is 16.3. The smallest absolute Gasteiger partial charge is 0.338 e. The Morgan fingerprint density at radius 2 is 0.768 bits per heavy atom. The standard InChI is InChI=1S/C27H44O6.C17H22O6/c1-2-27(18-31-24(28)21-12-6-3-7-13-21,19-32-25(29)22-14-8-4-9-15-22)20-33-26(30)23-16-10-5-11-17-23;1-4-17(10-21-13(2)18,11-22-14(3)19)12-23-16(20)15-8-6-5-7-9-15/h21-23H,2-20H2,1H3;5-9H,4,10-12H2,1-3H3. The molecule has 4 rings (SSSR count). The number of esters is 6. The Hall–Kier alpha value is -3.96. The molecular weight excluding hydrogens is 720 g/mol. The molecule has 0 amide bonds. The highest BCUT2D eigenvalue weighted by atomic mass is 16.6. The molecule has 0 bridgehead atoms. The molecule has 0 saturated heterocycles. The average Bonchev–Trinajstić information content (AvgIpc) is 3.24. The molecule has 1 aromatic carbocycles. The summed E-state index contributed by atoms with van der Waals surface area (Å²) < 4.78 is 32.7. The normalized spacial score (nSPS) is 17.0. The van der Waals surface area contributed by atoms with Crippen LogP contribution >= 0.6 is 0 Å². The van der Waals surface area contributed by atoms with Gasteiger partial charge in [0.2, 0.25) is 0 Å². The Kier molecular flexibility index (Phi) is 20.4. The molecule has 0 unspecified atom stereocenters. The van der Waals surface area contributed by atoms with E-state index in [-0.39, 0.29) is 75.3 Å². The van der Waals surface area contributed by atoms with Crippen molar-refractivity contribution in [1.82, 2.24) is 0 Å². The monoisotopic (exact) mass is 786 g/mol. The summed E-state index contributed by atoms with van der Waals surface area (Å²) in [6, 6.07) is 8.57. The summed E-state index contributed by atoms with van der Waals surface area (Å²) in [5, 5.41) is 0. The molecule has 0 spiro atoms. The number of rotatable bonds is 18. The lowest BCUT2D eigenvalue weighted by Gasteiger charge is -2.33. The Morgan fingerprint density at radius 3 is 1.07 bits per heavy atom.